The molecule has 0 saturated heterocycles. The van der Waals surface area contributed by atoms with E-state index in [2.05, 4.69) is 15.3 Å². The molecule has 0 saturated carbocycles. The van der Waals surface area contributed by atoms with Crippen LogP contribution in [0.1, 0.15) is 5.69 Å². The summed E-state index contributed by atoms with van der Waals surface area (Å²) in [6.07, 6.45) is 0. The predicted octanol–water partition coefficient (Wildman–Crippen LogP) is -0.424. The zero-order valence-corrected chi connectivity index (χ0v) is 8.16. The normalized spacial score (nSPS) is 10.1. The zero-order valence-electron chi connectivity index (χ0n) is 8.16. The fourth-order valence-corrected chi connectivity index (χ4v) is 1.03. The molecule has 0 aromatic carbocycles. The second kappa shape index (κ2) is 5.36. The van der Waals surface area contributed by atoms with Crippen molar-refractivity contribution in [2.75, 3.05) is 31.2 Å². The summed E-state index contributed by atoms with van der Waals surface area (Å²) in [6.45, 7) is 1.62. The molecule has 0 spiro atoms. The van der Waals surface area contributed by atoms with Gasteiger partial charge in [-0.15, -0.1) is 0 Å². The molecule has 0 aliphatic rings. The third-order valence-electron chi connectivity index (χ3n) is 1.54. The van der Waals surface area contributed by atoms with Crippen molar-refractivity contribution in [3.05, 3.63) is 11.8 Å². The highest BCUT2D eigenvalue weighted by molar-refractivity contribution is 5.40. The smallest absolute Gasteiger partial charge is 0.222 e. The van der Waals surface area contributed by atoms with Crippen molar-refractivity contribution in [3.8, 4) is 0 Å². The molecule has 0 fully saturated rings. The van der Waals surface area contributed by atoms with Gasteiger partial charge in [0, 0.05) is 26.3 Å². The molecule has 0 aliphatic heterocycles. The monoisotopic (exact) mass is 197 g/mol. The number of nitrogens with zero attached hydrogens (tertiary/aromatic N) is 2. The van der Waals surface area contributed by atoms with E-state index in [9.17, 15) is 0 Å². The van der Waals surface area contributed by atoms with Crippen LogP contribution in [0.5, 0.6) is 0 Å². The summed E-state index contributed by atoms with van der Waals surface area (Å²) in [5.74, 6) is 0.911. The molecule has 0 atom stereocenters. The van der Waals surface area contributed by atoms with E-state index in [4.69, 9.17) is 16.2 Å². The number of methoxy groups -OCH3 is 1. The van der Waals surface area contributed by atoms with Gasteiger partial charge < -0.3 is 21.5 Å². The highest BCUT2D eigenvalue weighted by Gasteiger charge is 2.00. The van der Waals surface area contributed by atoms with Crippen LogP contribution in [-0.4, -0.2) is 30.2 Å². The van der Waals surface area contributed by atoms with Gasteiger partial charge in [0.1, 0.15) is 5.82 Å². The molecule has 14 heavy (non-hydrogen) atoms. The number of ether oxygens (including phenoxy) is 1. The zero-order chi connectivity index (χ0) is 10.4. The first-order valence-electron chi connectivity index (χ1n) is 4.32. The summed E-state index contributed by atoms with van der Waals surface area (Å²) in [5.41, 5.74) is 11.6. The van der Waals surface area contributed by atoms with E-state index in [1.165, 1.54) is 0 Å². The lowest BCUT2D eigenvalue weighted by Crippen LogP contribution is -2.15. The lowest BCUT2D eigenvalue weighted by molar-refractivity contribution is 0.181. The minimum absolute atomic E-state index is 0.235. The van der Waals surface area contributed by atoms with Gasteiger partial charge in [-0.05, 0) is 0 Å². The van der Waals surface area contributed by atoms with Crippen LogP contribution in [0.25, 0.3) is 0 Å². The number of hydrogen-bond donors (Lipinski definition) is 3. The van der Waals surface area contributed by atoms with Gasteiger partial charge >= 0.3 is 0 Å². The van der Waals surface area contributed by atoms with E-state index in [-0.39, 0.29) is 5.95 Å². The number of rotatable bonds is 5. The van der Waals surface area contributed by atoms with E-state index >= 15 is 0 Å². The van der Waals surface area contributed by atoms with Crippen molar-refractivity contribution in [1.29, 1.82) is 0 Å². The number of hydrogen-bond acceptors (Lipinski definition) is 6. The summed E-state index contributed by atoms with van der Waals surface area (Å²) >= 11 is 0. The van der Waals surface area contributed by atoms with E-state index < -0.39 is 0 Å². The largest absolute Gasteiger partial charge is 0.378 e. The first-order valence-corrected chi connectivity index (χ1v) is 4.32. The van der Waals surface area contributed by atoms with Crippen molar-refractivity contribution in [3.63, 3.8) is 0 Å². The minimum atomic E-state index is 0.235. The SMILES string of the molecule is COCc1cc(NCCN)nc(N)n1. The van der Waals surface area contributed by atoms with Crippen molar-refractivity contribution in [2.24, 2.45) is 5.73 Å². The summed E-state index contributed by atoms with van der Waals surface area (Å²) < 4.78 is 4.94. The quantitative estimate of drug-likeness (QED) is 0.592. The molecule has 1 heterocycles. The summed E-state index contributed by atoms with van der Waals surface area (Å²) in [6, 6.07) is 1.79. The van der Waals surface area contributed by atoms with Crippen LogP contribution >= 0.6 is 0 Å². The minimum Gasteiger partial charge on any atom is -0.378 e. The standard InChI is InChI=1S/C8H15N5O/c1-14-5-6-4-7(11-3-2-9)13-8(10)12-6/h4H,2-3,5,9H2,1H3,(H3,10,11,12,13). The van der Waals surface area contributed by atoms with E-state index in [0.717, 1.165) is 5.69 Å². The van der Waals surface area contributed by atoms with E-state index in [1.807, 2.05) is 0 Å². The molecule has 6 heteroatoms. The molecule has 0 unspecified atom stereocenters. The first-order chi connectivity index (χ1) is 6.76. The molecule has 0 amide bonds. The molecule has 6 nitrogen and oxygen atoms in total. The predicted molar refractivity (Wildman–Crippen MR) is 54.7 cm³/mol. The van der Waals surface area contributed by atoms with Crippen LogP contribution in [0.15, 0.2) is 6.07 Å². The summed E-state index contributed by atoms with van der Waals surface area (Å²) in [5, 5.41) is 3.02. The van der Waals surface area contributed by atoms with Crippen molar-refractivity contribution < 1.29 is 4.74 Å². The summed E-state index contributed by atoms with van der Waals surface area (Å²) in [4.78, 5) is 8.00. The highest BCUT2D eigenvalue weighted by atomic mass is 16.5. The molecule has 0 radical (unpaired) electrons. The second-order valence-corrected chi connectivity index (χ2v) is 2.75. The van der Waals surface area contributed by atoms with Gasteiger partial charge in [0.2, 0.25) is 5.95 Å². The van der Waals surface area contributed by atoms with Gasteiger partial charge in [0.15, 0.2) is 0 Å². The Morgan fingerprint density at radius 2 is 2.29 bits per heavy atom. The number of anilines is 2. The molecule has 0 aliphatic carbocycles. The Bertz CT molecular complexity index is 291. The average molecular weight is 197 g/mol. The number of nitrogens with one attached hydrogen (secondary N) is 1. The van der Waals surface area contributed by atoms with Crippen LogP contribution in [0, 0.1) is 0 Å². The molecule has 0 bridgehead atoms. The van der Waals surface area contributed by atoms with E-state index in [1.54, 1.807) is 13.2 Å². The maximum Gasteiger partial charge on any atom is 0.222 e. The maximum absolute atomic E-state index is 5.51. The lowest BCUT2D eigenvalue weighted by atomic mass is 10.4. The Labute approximate surface area is 82.7 Å². The second-order valence-electron chi connectivity index (χ2n) is 2.75. The van der Waals surface area contributed by atoms with Crippen LogP contribution < -0.4 is 16.8 Å². The van der Waals surface area contributed by atoms with Crippen LogP contribution in [0.3, 0.4) is 0 Å². The van der Waals surface area contributed by atoms with Gasteiger partial charge in [-0.25, -0.2) is 4.98 Å². The Hall–Kier alpha value is -1.40. The molecule has 78 valence electrons. The molecule has 1 rings (SSSR count). The summed E-state index contributed by atoms with van der Waals surface area (Å²) in [7, 11) is 1.60. The topological polar surface area (TPSA) is 99.1 Å². The van der Waals surface area contributed by atoms with Gasteiger partial charge in [-0.1, -0.05) is 0 Å². The van der Waals surface area contributed by atoms with Crippen molar-refractivity contribution >= 4 is 11.8 Å². The highest BCUT2D eigenvalue weighted by Crippen LogP contribution is 2.08. The van der Waals surface area contributed by atoms with E-state index in [0.29, 0.717) is 25.5 Å². The van der Waals surface area contributed by atoms with Crippen molar-refractivity contribution in [2.45, 2.75) is 6.61 Å². The molecular weight excluding hydrogens is 182 g/mol. The van der Waals surface area contributed by atoms with Gasteiger partial charge in [0.25, 0.3) is 0 Å². The molecule has 1 aromatic heterocycles. The Kier molecular flexibility index (Phi) is 4.09. The number of nitrogens with two attached hydrogens (primary N) is 2. The van der Waals surface area contributed by atoms with Crippen molar-refractivity contribution in [1.82, 2.24) is 9.97 Å². The number of aromatic nitrogens is 2. The van der Waals surface area contributed by atoms with Gasteiger partial charge in [0.05, 0.1) is 12.3 Å². The number of nitrogen functional groups attached to an aromatic ring is 1. The Morgan fingerprint density at radius 1 is 1.50 bits per heavy atom. The average Bonchev–Trinajstić information content (AvgIpc) is 2.14. The third kappa shape index (κ3) is 3.15. The van der Waals surface area contributed by atoms with Crippen LogP contribution in [0.2, 0.25) is 0 Å². The fourth-order valence-electron chi connectivity index (χ4n) is 1.03. The fraction of sp³-hybridized carbons (Fsp3) is 0.500. The van der Waals surface area contributed by atoms with Crippen LogP contribution in [-0.2, 0) is 11.3 Å². The third-order valence-corrected chi connectivity index (χ3v) is 1.54. The Morgan fingerprint density at radius 3 is 2.93 bits per heavy atom. The maximum atomic E-state index is 5.51. The van der Waals surface area contributed by atoms with Gasteiger partial charge in [-0.3, -0.25) is 0 Å². The first kappa shape index (κ1) is 10.7. The van der Waals surface area contributed by atoms with Crippen LogP contribution in [0.4, 0.5) is 11.8 Å². The van der Waals surface area contributed by atoms with Gasteiger partial charge in [-0.2, -0.15) is 4.98 Å². The molecular formula is C8H15N5O. The molecule has 1 aromatic rings. The lowest BCUT2D eigenvalue weighted by Gasteiger charge is -2.06. The Balaban J connectivity index is 2.73. The molecule has 5 N–H and O–H groups in total.